The summed E-state index contributed by atoms with van der Waals surface area (Å²) in [6, 6.07) is 3.26. The van der Waals surface area contributed by atoms with Gasteiger partial charge in [-0.3, -0.25) is 10.1 Å². The summed E-state index contributed by atoms with van der Waals surface area (Å²) >= 11 is 1.44. The Balaban J connectivity index is 2.27. The van der Waals surface area contributed by atoms with E-state index in [1.807, 2.05) is 6.92 Å². The van der Waals surface area contributed by atoms with Crippen molar-refractivity contribution < 1.29 is 14.4 Å². The number of nitro groups is 1. The van der Waals surface area contributed by atoms with E-state index in [-0.39, 0.29) is 11.8 Å². The minimum atomic E-state index is -0.394. The molecule has 1 heterocycles. The van der Waals surface area contributed by atoms with E-state index in [1.54, 1.807) is 26.4 Å². The van der Waals surface area contributed by atoms with Crippen molar-refractivity contribution in [3.63, 3.8) is 0 Å². The zero-order valence-electron chi connectivity index (χ0n) is 12.1. The van der Waals surface area contributed by atoms with E-state index in [4.69, 9.17) is 9.47 Å². The van der Waals surface area contributed by atoms with Crippen molar-refractivity contribution in [2.75, 3.05) is 32.7 Å². The lowest BCUT2D eigenvalue weighted by atomic mass is 10.2. The second-order valence-electron chi connectivity index (χ2n) is 4.52. The Morgan fingerprint density at radius 2 is 2.24 bits per heavy atom. The Labute approximate surface area is 126 Å². The van der Waals surface area contributed by atoms with Crippen LogP contribution in [0.4, 0.5) is 11.4 Å². The monoisotopic (exact) mass is 311 g/mol. The normalized spacial score (nSPS) is 12.5. The minimum Gasteiger partial charge on any atom is -0.382 e. The number of nitrogens with one attached hydrogen (secondary N) is 1. The summed E-state index contributed by atoms with van der Waals surface area (Å²) in [6.45, 7) is 2.71. The highest BCUT2D eigenvalue weighted by Crippen LogP contribution is 2.32. The Kier molecular flexibility index (Phi) is 5.05. The molecule has 1 atom stereocenters. The zero-order chi connectivity index (χ0) is 15.4. The topological polar surface area (TPSA) is 86.5 Å². The van der Waals surface area contributed by atoms with Gasteiger partial charge in [0.25, 0.3) is 5.69 Å². The van der Waals surface area contributed by atoms with E-state index in [0.29, 0.717) is 18.8 Å². The average Bonchev–Trinajstić information content (AvgIpc) is 2.81. The number of aromatic nitrogens is 1. The van der Waals surface area contributed by atoms with Crippen LogP contribution in [-0.4, -0.2) is 43.4 Å². The maximum atomic E-state index is 11.2. The van der Waals surface area contributed by atoms with Crippen molar-refractivity contribution in [2.24, 2.45) is 0 Å². The van der Waals surface area contributed by atoms with Gasteiger partial charge in [-0.25, -0.2) is 4.98 Å². The molecule has 0 radical (unpaired) electrons. The minimum absolute atomic E-state index is 0.0402. The molecule has 114 valence electrons. The van der Waals surface area contributed by atoms with Gasteiger partial charge in [0.05, 0.1) is 32.9 Å². The molecule has 1 unspecified atom stereocenters. The molecule has 1 aromatic heterocycles. The van der Waals surface area contributed by atoms with Crippen LogP contribution in [0.5, 0.6) is 0 Å². The van der Waals surface area contributed by atoms with E-state index in [1.165, 1.54) is 11.3 Å². The van der Waals surface area contributed by atoms with Gasteiger partial charge >= 0.3 is 0 Å². The molecule has 0 bridgehead atoms. The highest BCUT2D eigenvalue weighted by molar-refractivity contribution is 7.18. The molecule has 0 saturated heterocycles. The standard InChI is InChI=1S/C13H17N3O4S/c1-8-15-11-4-10(14-6-9(20-3)7-19-2)12(16(17)18)5-13(11)21-8/h4-5,9,14H,6-7H2,1-3H3. The predicted molar refractivity (Wildman–Crippen MR) is 82.2 cm³/mol. The van der Waals surface area contributed by atoms with E-state index in [2.05, 4.69) is 10.3 Å². The van der Waals surface area contributed by atoms with Crippen molar-refractivity contribution in [1.29, 1.82) is 0 Å². The Morgan fingerprint density at radius 1 is 1.48 bits per heavy atom. The summed E-state index contributed by atoms with van der Waals surface area (Å²) in [5.41, 5.74) is 1.24. The van der Waals surface area contributed by atoms with Crippen LogP contribution in [0.25, 0.3) is 10.2 Å². The quantitative estimate of drug-likeness (QED) is 0.625. The molecule has 2 rings (SSSR count). The fourth-order valence-corrected chi connectivity index (χ4v) is 2.83. The summed E-state index contributed by atoms with van der Waals surface area (Å²) in [7, 11) is 3.16. The molecular formula is C13H17N3O4S. The van der Waals surface area contributed by atoms with Crippen molar-refractivity contribution in [3.05, 3.63) is 27.3 Å². The smallest absolute Gasteiger partial charge is 0.293 e. The van der Waals surface area contributed by atoms with Crippen LogP contribution in [0, 0.1) is 17.0 Å². The van der Waals surface area contributed by atoms with Crippen LogP contribution < -0.4 is 5.32 Å². The first kappa shape index (κ1) is 15.6. The fraction of sp³-hybridized carbons (Fsp3) is 0.462. The summed E-state index contributed by atoms with van der Waals surface area (Å²) in [5, 5.41) is 15.1. The predicted octanol–water partition coefficient (Wildman–Crippen LogP) is 2.59. The van der Waals surface area contributed by atoms with E-state index < -0.39 is 4.92 Å². The van der Waals surface area contributed by atoms with Gasteiger partial charge in [0.1, 0.15) is 5.69 Å². The Morgan fingerprint density at radius 3 is 2.86 bits per heavy atom. The number of hydrogen-bond donors (Lipinski definition) is 1. The van der Waals surface area contributed by atoms with Crippen molar-refractivity contribution in [3.8, 4) is 0 Å². The molecule has 7 nitrogen and oxygen atoms in total. The zero-order valence-corrected chi connectivity index (χ0v) is 12.9. The molecule has 0 aliphatic rings. The second kappa shape index (κ2) is 6.79. The number of aryl methyl sites for hydroxylation is 1. The third-order valence-electron chi connectivity index (χ3n) is 3.02. The third-order valence-corrected chi connectivity index (χ3v) is 3.95. The number of nitrogens with zero attached hydrogens (tertiary/aromatic N) is 2. The first-order valence-electron chi connectivity index (χ1n) is 6.36. The van der Waals surface area contributed by atoms with Gasteiger partial charge in [0.2, 0.25) is 0 Å². The van der Waals surface area contributed by atoms with Gasteiger partial charge < -0.3 is 14.8 Å². The van der Waals surface area contributed by atoms with Crippen molar-refractivity contribution in [2.45, 2.75) is 13.0 Å². The molecule has 21 heavy (non-hydrogen) atoms. The number of benzene rings is 1. The SMILES string of the molecule is COCC(CNc1cc2nc(C)sc2cc1[N+](=O)[O-])OC. The summed E-state index contributed by atoms with van der Waals surface area (Å²) < 4.78 is 11.1. The number of methoxy groups -OCH3 is 2. The molecule has 8 heteroatoms. The Hall–Kier alpha value is -1.77. The summed E-state index contributed by atoms with van der Waals surface area (Å²) in [6.07, 6.45) is -0.178. The number of anilines is 1. The highest BCUT2D eigenvalue weighted by atomic mass is 32.1. The number of hydrogen-bond acceptors (Lipinski definition) is 7. The molecule has 1 aromatic carbocycles. The molecule has 0 spiro atoms. The van der Waals surface area contributed by atoms with Crippen LogP contribution in [0.3, 0.4) is 0 Å². The average molecular weight is 311 g/mol. The van der Waals surface area contributed by atoms with Gasteiger partial charge in [0, 0.05) is 26.8 Å². The van der Waals surface area contributed by atoms with Crippen molar-refractivity contribution >= 4 is 32.9 Å². The summed E-state index contributed by atoms with van der Waals surface area (Å²) in [5.74, 6) is 0. The van der Waals surface area contributed by atoms with E-state index in [0.717, 1.165) is 15.2 Å². The van der Waals surface area contributed by atoms with Crippen LogP contribution in [0.15, 0.2) is 12.1 Å². The first-order chi connectivity index (χ1) is 10.0. The second-order valence-corrected chi connectivity index (χ2v) is 5.76. The molecular weight excluding hydrogens is 294 g/mol. The van der Waals surface area contributed by atoms with Crippen LogP contribution in [0.1, 0.15) is 5.01 Å². The molecule has 0 fully saturated rings. The molecule has 0 amide bonds. The lowest BCUT2D eigenvalue weighted by Gasteiger charge is -2.15. The molecule has 2 aromatic rings. The molecule has 0 aliphatic heterocycles. The van der Waals surface area contributed by atoms with Crippen molar-refractivity contribution in [1.82, 2.24) is 4.98 Å². The van der Waals surface area contributed by atoms with E-state index in [9.17, 15) is 10.1 Å². The van der Waals surface area contributed by atoms with E-state index >= 15 is 0 Å². The number of rotatable bonds is 7. The van der Waals surface area contributed by atoms with Crippen LogP contribution in [0.2, 0.25) is 0 Å². The van der Waals surface area contributed by atoms with Gasteiger partial charge in [0.15, 0.2) is 0 Å². The van der Waals surface area contributed by atoms with Gasteiger partial charge in [-0.05, 0) is 13.0 Å². The lowest BCUT2D eigenvalue weighted by Crippen LogP contribution is -2.26. The first-order valence-corrected chi connectivity index (χ1v) is 7.18. The molecule has 0 aliphatic carbocycles. The van der Waals surface area contributed by atoms with Crippen LogP contribution in [-0.2, 0) is 9.47 Å². The highest BCUT2D eigenvalue weighted by Gasteiger charge is 2.18. The van der Waals surface area contributed by atoms with Crippen LogP contribution >= 0.6 is 11.3 Å². The number of nitro benzene ring substituents is 1. The largest absolute Gasteiger partial charge is 0.382 e. The maximum Gasteiger partial charge on any atom is 0.293 e. The number of ether oxygens (including phenoxy) is 2. The Bertz CT molecular complexity index is 644. The fourth-order valence-electron chi connectivity index (χ4n) is 1.99. The van der Waals surface area contributed by atoms with Gasteiger partial charge in [-0.2, -0.15) is 0 Å². The lowest BCUT2D eigenvalue weighted by molar-refractivity contribution is -0.383. The third kappa shape index (κ3) is 3.66. The molecule has 1 N–H and O–H groups in total. The maximum absolute atomic E-state index is 11.2. The van der Waals surface area contributed by atoms with Gasteiger partial charge in [-0.15, -0.1) is 11.3 Å². The number of thiazole rings is 1. The van der Waals surface area contributed by atoms with Gasteiger partial charge in [-0.1, -0.05) is 0 Å². The molecule has 0 saturated carbocycles. The summed E-state index contributed by atoms with van der Waals surface area (Å²) in [4.78, 5) is 15.2. The number of fused-ring (bicyclic) bond motifs is 1.